The van der Waals surface area contributed by atoms with Crippen LogP contribution in [0.3, 0.4) is 0 Å². The molecule has 3 rings (SSSR count). The van der Waals surface area contributed by atoms with Crippen molar-refractivity contribution in [1.82, 2.24) is 10.6 Å². The molecule has 4 nitrogen and oxygen atoms in total. The fourth-order valence-corrected chi connectivity index (χ4v) is 2.81. The third kappa shape index (κ3) is 2.89. The maximum absolute atomic E-state index is 11.1. The number of benzene rings is 1. The van der Waals surface area contributed by atoms with Gasteiger partial charge in [-0.05, 0) is 25.0 Å². The lowest BCUT2D eigenvalue weighted by Crippen LogP contribution is -2.39. The number of amides is 1. The third-order valence-electron chi connectivity index (χ3n) is 3.80. The van der Waals surface area contributed by atoms with Gasteiger partial charge in [0.2, 0.25) is 5.91 Å². The Morgan fingerprint density at radius 3 is 3.11 bits per heavy atom. The molecule has 2 aliphatic rings. The Kier molecular flexibility index (Phi) is 3.42. The number of ether oxygens (including phenoxy) is 1. The van der Waals surface area contributed by atoms with Gasteiger partial charge >= 0.3 is 0 Å². The predicted molar refractivity (Wildman–Crippen MR) is 73.3 cm³/mol. The maximum Gasteiger partial charge on any atom is 0.220 e. The second-order valence-corrected chi connectivity index (χ2v) is 5.52. The average molecular weight is 260 g/mol. The summed E-state index contributed by atoms with van der Waals surface area (Å²) >= 11 is 0. The summed E-state index contributed by atoms with van der Waals surface area (Å²) in [7, 11) is 0. The van der Waals surface area contributed by atoms with Gasteiger partial charge in [-0.1, -0.05) is 17.7 Å². The van der Waals surface area contributed by atoms with Crippen LogP contribution in [0.4, 0.5) is 0 Å². The van der Waals surface area contributed by atoms with Gasteiger partial charge in [0, 0.05) is 32.0 Å². The van der Waals surface area contributed by atoms with E-state index in [-0.39, 0.29) is 12.0 Å². The summed E-state index contributed by atoms with van der Waals surface area (Å²) in [6.07, 6.45) is 2.79. The van der Waals surface area contributed by atoms with Crippen LogP contribution in [-0.4, -0.2) is 31.1 Å². The highest BCUT2D eigenvalue weighted by molar-refractivity contribution is 5.78. The Balaban J connectivity index is 1.44. The largest absolute Gasteiger partial charge is 0.488 e. The van der Waals surface area contributed by atoms with E-state index in [9.17, 15) is 4.79 Å². The molecule has 2 heterocycles. The molecule has 102 valence electrons. The molecule has 0 radical (unpaired) electrons. The van der Waals surface area contributed by atoms with Crippen LogP contribution in [0.25, 0.3) is 0 Å². The van der Waals surface area contributed by atoms with E-state index in [0.717, 1.165) is 31.7 Å². The van der Waals surface area contributed by atoms with Crippen molar-refractivity contribution < 1.29 is 9.53 Å². The summed E-state index contributed by atoms with van der Waals surface area (Å²) < 4.78 is 5.90. The van der Waals surface area contributed by atoms with Gasteiger partial charge in [0.25, 0.3) is 0 Å². The van der Waals surface area contributed by atoms with Crippen molar-refractivity contribution in [1.29, 1.82) is 0 Å². The van der Waals surface area contributed by atoms with Gasteiger partial charge in [-0.3, -0.25) is 4.79 Å². The molecule has 4 heteroatoms. The summed E-state index contributed by atoms with van der Waals surface area (Å²) in [5.74, 6) is 1.19. The Morgan fingerprint density at radius 1 is 1.42 bits per heavy atom. The highest BCUT2D eigenvalue weighted by atomic mass is 16.5. The molecule has 2 aliphatic heterocycles. The van der Waals surface area contributed by atoms with Crippen molar-refractivity contribution in [2.75, 3.05) is 13.1 Å². The summed E-state index contributed by atoms with van der Waals surface area (Å²) in [6.45, 7) is 3.77. The number of nitrogens with one attached hydrogen (secondary N) is 2. The molecule has 0 aromatic heterocycles. The lowest BCUT2D eigenvalue weighted by atomic mass is 10.1. The van der Waals surface area contributed by atoms with E-state index >= 15 is 0 Å². The SMILES string of the molecule is Cc1ccc2c(c1)CC(CNCC1CCC(=O)N1)O2. The van der Waals surface area contributed by atoms with Gasteiger partial charge in [-0.15, -0.1) is 0 Å². The number of fused-ring (bicyclic) bond motifs is 1. The standard InChI is InChI=1S/C15H20N2O2/c1-10-2-4-14-11(6-10)7-13(19-14)9-16-8-12-3-5-15(18)17-12/h2,4,6,12-13,16H,3,5,7-9H2,1H3,(H,17,18). The zero-order valence-corrected chi connectivity index (χ0v) is 11.2. The number of hydrogen-bond donors (Lipinski definition) is 2. The molecule has 1 saturated heterocycles. The lowest BCUT2D eigenvalue weighted by molar-refractivity contribution is -0.119. The van der Waals surface area contributed by atoms with Gasteiger partial charge in [0.1, 0.15) is 11.9 Å². The summed E-state index contributed by atoms with van der Waals surface area (Å²) in [5, 5.41) is 6.36. The van der Waals surface area contributed by atoms with E-state index in [1.54, 1.807) is 0 Å². The van der Waals surface area contributed by atoms with Crippen LogP contribution in [0.5, 0.6) is 5.75 Å². The van der Waals surface area contributed by atoms with Gasteiger partial charge in [-0.2, -0.15) is 0 Å². The quantitative estimate of drug-likeness (QED) is 0.854. The Morgan fingerprint density at radius 2 is 2.32 bits per heavy atom. The first-order valence-corrected chi connectivity index (χ1v) is 6.97. The number of hydrogen-bond acceptors (Lipinski definition) is 3. The zero-order valence-electron chi connectivity index (χ0n) is 11.2. The minimum absolute atomic E-state index is 0.173. The zero-order chi connectivity index (χ0) is 13.2. The number of rotatable bonds is 4. The molecule has 1 fully saturated rings. The van der Waals surface area contributed by atoms with Crippen molar-refractivity contribution in [3.63, 3.8) is 0 Å². The maximum atomic E-state index is 11.1. The van der Waals surface area contributed by atoms with Crippen molar-refractivity contribution in [3.8, 4) is 5.75 Å². The van der Waals surface area contributed by atoms with Gasteiger partial charge in [0.05, 0.1) is 0 Å². The highest BCUT2D eigenvalue weighted by Crippen LogP contribution is 2.29. The van der Waals surface area contributed by atoms with Crippen LogP contribution in [0.1, 0.15) is 24.0 Å². The van der Waals surface area contributed by atoms with Crippen molar-refractivity contribution >= 4 is 5.91 Å². The van der Waals surface area contributed by atoms with E-state index in [1.807, 2.05) is 0 Å². The molecule has 1 aromatic carbocycles. The third-order valence-corrected chi connectivity index (χ3v) is 3.80. The molecule has 1 amide bonds. The number of aryl methyl sites for hydroxylation is 1. The summed E-state index contributed by atoms with van der Waals surface area (Å²) in [6, 6.07) is 6.63. The molecule has 2 N–H and O–H groups in total. The van der Waals surface area contributed by atoms with Crippen LogP contribution >= 0.6 is 0 Å². The molecule has 2 atom stereocenters. The molecular weight excluding hydrogens is 240 g/mol. The topological polar surface area (TPSA) is 50.4 Å². The van der Waals surface area contributed by atoms with Gasteiger partial charge in [0.15, 0.2) is 0 Å². The molecule has 0 aliphatic carbocycles. The number of carbonyl (C=O) groups is 1. The minimum atomic E-state index is 0.173. The van der Waals surface area contributed by atoms with Crippen LogP contribution in [0.15, 0.2) is 18.2 Å². The first-order chi connectivity index (χ1) is 9.20. The van der Waals surface area contributed by atoms with Crippen molar-refractivity contribution in [2.24, 2.45) is 0 Å². The Bertz CT molecular complexity index is 487. The van der Waals surface area contributed by atoms with E-state index < -0.39 is 0 Å². The highest BCUT2D eigenvalue weighted by Gasteiger charge is 2.24. The molecule has 0 saturated carbocycles. The average Bonchev–Trinajstić information content (AvgIpc) is 2.95. The fraction of sp³-hybridized carbons (Fsp3) is 0.533. The normalized spacial score (nSPS) is 25.0. The van der Waals surface area contributed by atoms with Crippen LogP contribution in [-0.2, 0) is 11.2 Å². The molecule has 1 aromatic rings. The summed E-state index contributed by atoms with van der Waals surface area (Å²) in [5.41, 5.74) is 2.59. The summed E-state index contributed by atoms with van der Waals surface area (Å²) in [4.78, 5) is 11.1. The van der Waals surface area contributed by atoms with E-state index in [0.29, 0.717) is 12.5 Å². The second-order valence-electron chi connectivity index (χ2n) is 5.52. The molecular formula is C15H20N2O2. The van der Waals surface area contributed by atoms with E-state index in [1.165, 1.54) is 11.1 Å². The van der Waals surface area contributed by atoms with Crippen LogP contribution in [0.2, 0.25) is 0 Å². The van der Waals surface area contributed by atoms with Crippen LogP contribution < -0.4 is 15.4 Å². The smallest absolute Gasteiger partial charge is 0.220 e. The van der Waals surface area contributed by atoms with E-state index in [2.05, 4.69) is 35.8 Å². The van der Waals surface area contributed by atoms with E-state index in [4.69, 9.17) is 4.74 Å². The first kappa shape index (κ1) is 12.5. The second kappa shape index (κ2) is 5.21. The molecule has 2 unspecified atom stereocenters. The monoisotopic (exact) mass is 260 g/mol. The van der Waals surface area contributed by atoms with Gasteiger partial charge in [-0.25, -0.2) is 0 Å². The minimum Gasteiger partial charge on any atom is -0.488 e. The lowest BCUT2D eigenvalue weighted by Gasteiger charge is -2.15. The fourth-order valence-electron chi connectivity index (χ4n) is 2.81. The first-order valence-electron chi connectivity index (χ1n) is 6.97. The van der Waals surface area contributed by atoms with Crippen LogP contribution in [0, 0.1) is 6.92 Å². The molecule has 0 spiro atoms. The molecule has 0 bridgehead atoms. The molecule has 19 heavy (non-hydrogen) atoms. The Hall–Kier alpha value is -1.55. The van der Waals surface area contributed by atoms with Crippen molar-refractivity contribution in [2.45, 2.75) is 38.3 Å². The predicted octanol–water partition coefficient (Wildman–Crippen LogP) is 1.17. The number of carbonyl (C=O) groups excluding carboxylic acids is 1. The van der Waals surface area contributed by atoms with Gasteiger partial charge < -0.3 is 15.4 Å². The van der Waals surface area contributed by atoms with Crippen molar-refractivity contribution in [3.05, 3.63) is 29.3 Å². The Labute approximate surface area is 113 Å².